The number of hydrogen-bond donors (Lipinski definition) is 3. The topological polar surface area (TPSA) is 90.9 Å². The van der Waals surface area contributed by atoms with Gasteiger partial charge in [0.25, 0.3) is 0 Å². The number of carbonyl (C=O) groups excluding carboxylic acids is 1. The van der Waals surface area contributed by atoms with E-state index in [4.69, 9.17) is 0 Å². The summed E-state index contributed by atoms with van der Waals surface area (Å²) in [5.74, 6) is -0.0437. The Morgan fingerprint density at radius 2 is 1.95 bits per heavy atom. The van der Waals surface area contributed by atoms with E-state index in [1.54, 1.807) is 12.7 Å². The number of piperidine rings is 1. The minimum absolute atomic E-state index is 0.0437. The van der Waals surface area contributed by atoms with E-state index < -0.39 is 0 Å². The molecule has 0 saturated carbocycles. The smallest absolute Gasteiger partial charge is 0.221 e. The summed E-state index contributed by atoms with van der Waals surface area (Å²) in [6, 6.07) is 16.0. The molecule has 8 heteroatoms. The van der Waals surface area contributed by atoms with Crippen molar-refractivity contribution in [3.8, 4) is 5.69 Å². The molecule has 194 valence electrons. The van der Waals surface area contributed by atoms with Crippen LogP contribution in [-0.2, 0) is 11.2 Å². The maximum absolute atomic E-state index is 11.3. The lowest BCUT2D eigenvalue weighted by atomic mass is 9.92. The van der Waals surface area contributed by atoms with Gasteiger partial charge in [0.05, 0.1) is 0 Å². The Bertz CT molecular complexity index is 1310. The number of fused-ring (bicyclic) bond motifs is 1. The second-order valence-corrected chi connectivity index (χ2v) is 10.4. The van der Waals surface area contributed by atoms with Gasteiger partial charge in [0.1, 0.15) is 12.7 Å². The molecule has 1 aliphatic rings. The van der Waals surface area contributed by atoms with Crippen LogP contribution in [0.5, 0.6) is 0 Å². The molecule has 37 heavy (non-hydrogen) atoms. The highest BCUT2D eigenvalue weighted by molar-refractivity contribution is 5.88. The molecule has 4 aromatic rings. The number of hydrogen-bond acceptors (Lipinski definition) is 5. The normalized spacial score (nSPS) is 19.2. The van der Waals surface area contributed by atoms with Gasteiger partial charge in [0.2, 0.25) is 5.91 Å². The third-order valence-corrected chi connectivity index (χ3v) is 7.68. The maximum atomic E-state index is 11.3. The zero-order valence-corrected chi connectivity index (χ0v) is 21.9. The largest absolute Gasteiger partial charge is 0.361 e. The fourth-order valence-corrected chi connectivity index (χ4v) is 5.56. The average molecular weight is 500 g/mol. The first-order chi connectivity index (χ1) is 18.0. The molecule has 1 fully saturated rings. The number of anilines is 1. The van der Waals surface area contributed by atoms with Gasteiger partial charge in [0, 0.05) is 53.5 Å². The summed E-state index contributed by atoms with van der Waals surface area (Å²) in [5.41, 5.74) is 5.71. The summed E-state index contributed by atoms with van der Waals surface area (Å²) in [6.45, 7) is 4.88. The Hall–Kier alpha value is -3.49. The number of aryl methyl sites for hydroxylation is 1. The van der Waals surface area contributed by atoms with Gasteiger partial charge >= 0.3 is 0 Å². The predicted octanol–water partition coefficient (Wildman–Crippen LogP) is 4.84. The lowest BCUT2D eigenvalue weighted by Gasteiger charge is -2.39. The third-order valence-electron chi connectivity index (χ3n) is 7.68. The van der Waals surface area contributed by atoms with Crippen LogP contribution in [0.3, 0.4) is 0 Å². The lowest BCUT2D eigenvalue weighted by molar-refractivity contribution is -0.114. The van der Waals surface area contributed by atoms with Crippen molar-refractivity contribution >= 4 is 22.5 Å². The van der Waals surface area contributed by atoms with Crippen LogP contribution >= 0.6 is 0 Å². The fourth-order valence-electron chi connectivity index (χ4n) is 5.56. The SMILES string of the molecule is CC(=O)Nc1ccc(C(C)N[C@H]2CCN(C)C(CCCc3c[nH]c4ccc(-n5cnnc5)cc34)C2)cc1. The summed E-state index contributed by atoms with van der Waals surface area (Å²) in [6.07, 6.45) is 11.4. The predicted molar refractivity (Wildman–Crippen MR) is 148 cm³/mol. The summed E-state index contributed by atoms with van der Waals surface area (Å²) >= 11 is 0. The zero-order valence-electron chi connectivity index (χ0n) is 21.9. The molecule has 0 aliphatic carbocycles. The molecule has 3 N–H and O–H groups in total. The number of amides is 1. The Morgan fingerprint density at radius 1 is 1.16 bits per heavy atom. The molecule has 0 bridgehead atoms. The second kappa shape index (κ2) is 11.3. The second-order valence-electron chi connectivity index (χ2n) is 10.4. The van der Waals surface area contributed by atoms with Crippen molar-refractivity contribution in [2.45, 2.75) is 64.1 Å². The van der Waals surface area contributed by atoms with Gasteiger partial charge in [-0.15, -0.1) is 10.2 Å². The molecular formula is C29H37N7O. The third kappa shape index (κ3) is 6.09. The number of likely N-dealkylation sites (tertiary alicyclic amines) is 1. The van der Waals surface area contributed by atoms with Gasteiger partial charge in [-0.2, -0.15) is 0 Å². The van der Waals surface area contributed by atoms with E-state index in [-0.39, 0.29) is 11.9 Å². The number of H-pyrrole nitrogens is 1. The van der Waals surface area contributed by atoms with E-state index in [1.165, 1.54) is 35.4 Å². The van der Waals surface area contributed by atoms with Gasteiger partial charge < -0.3 is 20.5 Å². The standard InChI is InChI=1S/C29H37N7O/c1-20(22-7-9-24(10-8-22)34-21(2)37)33-25-13-14-35(3)26(15-25)6-4-5-23-17-30-29-12-11-27(16-28(23)29)36-18-31-32-19-36/h7-12,16-20,25-26,30,33H,4-6,13-15H2,1-3H3,(H,34,37)/t20?,25-,26?/m0/s1. The summed E-state index contributed by atoms with van der Waals surface area (Å²) < 4.78 is 1.94. The zero-order chi connectivity index (χ0) is 25.8. The van der Waals surface area contributed by atoms with Gasteiger partial charge in [-0.1, -0.05) is 12.1 Å². The first-order valence-corrected chi connectivity index (χ1v) is 13.2. The van der Waals surface area contributed by atoms with Crippen molar-refractivity contribution in [1.82, 2.24) is 30.0 Å². The quantitative estimate of drug-likeness (QED) is 0.306. The van der Waals surface area contributed by atoms with Crippen LogP contribution in [0.1, 0.15) is 56.7 Å². The summed E-state index contributed by atoms with van der Waals surface area (Å²) in [7, 11) is 2.27. The van der Waals surface area contributed by atoms with E-state index in [0.717, 1.165) is 43.6 Å². The average Bonchev–Trinajstić information content (AvgIpc) is 3.56. The highest BCUT2D eigenvalue weighted by atomic mass is 16.1. The Morgan fingerprint density at radius 3 is 2.70 bits per heavy atom. The number of rotatable bonds is 9. The van der Waals surface area contributed by atoms with Crippen LogP contribution < -0.4 is 10.6 Å². The van der Waals surface area contributed by atoms with Crippen LogP contribution in [0.4, 0.5) is 5.69 Å². The molecule has 5 rings (SSSR count). The monoisotopic (exact) mass is 499 g/mol. The molecule has 2 aromatic heterocycles. The molecule has 1 aliphatic heterocycles. The van der Waals surface area contributed by atoms with E-state index >= 15 is 0 Å². The number of nitrogens with zero attached hydrogens (tertiary/aromatic N) is 4. The Kier molecular flexibility index (Phi) is 7.67. The van der Waals surface area contributed by atoms with E-state index in [9.17, 15) is 4.79 Å². The first-order valence-electron chi connectivity index (χ1n) is 13.2. The van der Waals surface area contributed by atoms with Crippen molar-refractivity contribution < 1.29 is 4.79 Å². The van der Waals surface area contributed by atoms with Crippen LogP contribution in [0.15, 0.2) is 61.3 Å². The Balaban J connectivity index is 1.15. The highest BCUT2D eigenvalue weighted by Crippen LogP contribution is 2.26. The van der Waals surface area contributed by atoms with E-state index in [0.29, 0.717) is 12.1 Å². The van der Waals surface area contributed by atoms with E-state index in [2.05, 4.69) is 81.2 Å². The highest BCUT2D eigenvalue weighted by Gasteiger charge is 2.26. The molecule has 2 aromatic carbocycles. The number of benzene rings is 2. The molecule has 3 atom stereocenters. The van der Waals surface area contributed by atoms with Gasteiger partial charge in [-0.25, -0.2) is 0 Å². The molecule has 3 heterocycles. The van der Waals surface area contributed by atoms with Crippen molar-refractivity contribution in [3.05, 3.63) is 72.4 Å². The van der Waals surface area contributed by atoms with Crippen LogP contribution in [0, 0.1) is 0 Å². The number of nitrogens with one attached hydrogen (secondary N) is 3. The van der Waals surface area contributed by atoms with Crippen LogP contribution in [-0.4, -0.2) is 56.2 Å². The summed E-state index contributed by atoms with van der Waals surface area (Å²) in [5, 5.41) is 15.8. The van der Waals surface area contributed by atoms with E-state index in [1.807, 2.05) is 16.7 Å². The molecular weight excluding hydrogens is 462 g/mol. The Labute approximate surface area is 218 Å². The van der Waals surface area contributed by atoms with Gasteiger partial charge in [-0.3, -0.25) is 9.36 Å². The first kappa shape index (κ1) is 25.2. The molecule has 0 radical (unpaired) electrons. The molecule has 1 saturated heterocycles. The molecule has 0 spiro atoms. The minimum atomic E-state index is -0.0437. The minimum Gasteiger partial charge on any atom is -0.361 e. The molecule has 1 amide bonds. The molecule has 8 nitrogen and oxygen atoms in total. The van der Waals surface area contributed by atoms with Crippen molar-refractivity contribution in [2.24, 2.45) is 0 Å². The van der Waals surface area contributed by atoms with Crippen molar-refractivity contribution in [1.29, 1.82) is 0 Å². The van der Waals surface area contributed by atoms with Crippen molar-refractivity contribution in [3.63, 3.8) is 0 Å². The fraction of sp³-hybridized carbons (Fsp3) is 0.414. The molecule has 2 unspecified atom stereocenters. The van der Waals surface area contributed by atoms with Crippen molar-refractivity contribution in [2.75, 3.05) is 18.9 Å². The summed E-state index contributed by atoms with van der Waals surface area (Å²) in [4.78, 5) is 17.2. The van der Waals surface area contributed by atoms with Crippen LogP contribution in [0.2, 0.25) is 0 Å². The van der Waals surface area contributed by atoms with Gasteiger partial charge in [0.15, 0.2) is 0 Å². The van der Waals surface area contributed by atoms with Gasteiger partial charge in [-0.05, 0) is 94.1 Å². The van der Waals surface area contributed by atoms with Crippen LogP contribution in [0.25, 0.3) is 16.6 Å². The maximum Gasteiger partial charge on any atom is 0.221 e. The number of aromatic nitrogens is 4. The number of carbonyl (C=O) groups is 1. The lowest BCUT2D eigenvalue weighted by Crippen LogP contribution is -2.47. The number of aromatic amines is 1.